The molecule has 18 heavy (non-hydrogen) atoms. The molecule has 0 bridgehead atoms. The number of carbonyl (C=O) groups is 1. The second kappa shape index (κ2) is 4.53. The summed E-state index contributed by atoms with van der Waals surface area (Å²) in [4.78, 5) is 12.0. The maximum absolute atomic E-state index is 12.0. The summed E-state index contributed by atoms with van der Waals surface area (Å²) in [5.41, 5.74) is 2.63. The third-order valence-corrected chi connectivity index (χ3v) is 2.98. The fraction of sp³-hybridized carbons (Fsp3) is 0.133. The van der Waals surface area contributed by atoms with Gasteiger partial charge in [0.05, 0.1) is 6.61 Å². The van der Waals surface area contributed by atoms with Crippen molar-refractivity contribution in [2.24, 2.45) is 0 Å². The molecule has 90 valence electrons. The van der Waals surface area contributed by atoms with E-state index in [1.54, 1.807) is 12.1 Å². The van der Waals surface area contributed by atoms with Crippen LogP contribution in [0.5, 0.6) is 5.75 Å². The second-order valence-corrected chi connectivity index (χ2v) is 4.24. The molecule has 1 heterocycles. The van der Waals surface area contributed by atoms with Gasteiger partial charge < -0.3 is 10.1 Å². The number of amides is 1. The van der Waals surface area contributed by atoms with Crippen LogP contribution < -0.4 is 10.1 Å². The smallest absolute Gasteiger partial charge is 0.255 e. The van der Waals surface area contributed by atoms with Gasteiger partial charge in [-0.1, -0.05) is 18.2 Å². The Labute approximate surface area is 105 Å². The highest BCUT2D eigenvalue weighted by molar-refractivity contribution is 6.04. The molecule has 1 amide bonds. The number of nitrogens with one attached hydrogen (secondary N) is 1. The van der Waals surface area contributed by atoms with Crippen molar-refractivity contribution in [3.8, 4) is 5.75 Å². The Hall–Kier alpha value is -2.29. The Bertz CT molecular complexity index is 578. The summed E-state index contributed by atoms with van der Waals surface area (Å²) in [6, 6.07) is 14.9. The van der Waals surface area contributed by atoms with Gasteiger partial charge in [0, 0.05) is 17.7 Å². The van der Waals surface area contributed by atoms with E-state index >= 15 is 0 Å². The lowest BCUT2D eigenvalue weighted by Gasteiger charge is -2.06. The van der Waals surface area contributed by atoms with Crippen LogP contribution in [0.2, 0.25) is 0 Å². The molecule has 0 fully saturated rings. The highest BCUT2D eigenvalue weighted by atomic mass is 16.5. The first-order valence-electron chi connectivity index (χ1n) is 5.95. The lowest BCUT2D eigenvalue weighted by atomic mass is 10.1. The Kier molecular flexibility index (Phi) is 2.73. The van der Waals surface area contributed by atoms with Gasteiger partial charge in [-0.3, -0.25) is 4.79 Å². The Morgan fingerprint density at radius 3 is 2.78 bits per heavy atom. The molecule has 2 aromatic rings. The number of rotatable bonds is 2. The van der Waals surface area contributed by atoms with Crippen LogP contribution in [0, 0.1) is 0 Å². The molecule has 0 saturated heterocycles. The van der Waals surface area contributed by atoms with Crippen LogP contribution in [0.4, 0.5) is 5.69 Å². The number of benzene rings is 2. The molecule has 0 radical (unpaired) electrons. The van der Waals surface area contributed by atoms with Crippen LogP contribution >= 0.6 is 0 Å². The van der Waals surface area contributed by atoms with Gasteiger partial charge in [0.1, 0.15) is 5.75 Å². The molecule has 0 spiro atoms. The lowest BCUT2D eigenvalue weighted by molar-refractivity contribution is 0.102. The standard InChI is InChI=1S/C15H13NO2/c17-15(11-4-2-1-3-5-11)16-13-6-7-14-12(10-13)8-9-18-14/h1-7,10H,8-9H2,(H,16,17). The Balaban J connectivity index is 1.79. The highest BCUT2D eigenvalue weighted by Gasteiger charge is 2.13. The Morgan fingerprint density at radius 2 is 1.94 bits per heavy atom. The summed E-state index contributed by atoms with van der Waals surface area (Å²) < 4.78 is 5.43. The van der Waals surface area contributed by atoms with Crippen LogP contribution in [0.3, 0.4) is 0 Å². The average Bonchev–Trinajstić information content (AvgIpc) is 2.87. The molecule has 2 aromatic carbocycles. The van der Waals surface area contributed by atoms with Crippen LogP contribution in [0.15, 0.2) is 48.5 Å². The third kappa shape index (κ3) is 2.07. The third-order valence-electron chi connectivity index (χ3n) is 2.98. The van der Waals surface area contributed by atoms with E-state index in [9.17, 15) is 4.79 Å². The molecule has 1 N–H and O–H groups in total. The summed E-state index contributed by atoms with van der Waals surface area (Å²) in [7, 11) is 0. The molecular formula is C15H13NO2. The molecule has 0 aromatic heterocycles. The van der Waals surface area contributed by atoms with Gasteiger partial charge in [-0.25, -0.2) is 0 Å². The molecule has 3 heteroatoms. The van der Waals surface area contributed by atoms with E-state index in [0.29, 0.717) is 5.56 Å². The van der Waals surface area contributed by atoms with E-state index in [1.165, 1.54) is 0 Å². The molecule has 1 aliphatic rings. The van der Waals surface area contributed by atoms with E-state index in [4.69, 9.17) is 4.74 Å². The SMILES string of the molecule is O=C(Nc1ccc2c(c1)CCO2)c1ccccc1. The summed E-state index contributed by atoms with van der Waals surface area (Å²) in [6.45, 7) is 0.728. The number of fused-ring (bicyclic) bond motifs is 1. The predicted molar refractivity (Wildman–Crippen MR) is 70.0 cm³/mol. The van der Waals surface area contributed by atoms with Crippen LogP contribution in [-0.2, 0) is 6.42 Å². The fourth-order valence-electron chi connectivity index (χ4n) is 2.06. The Morgan fingerprint density at radius 1 is 1.11 bits per heavy atom. The van der Waals surface area contributed by atoms with Gasteiger partial charge in [-0.2, -0.15) is 0 Å². The molecule has 0 aliphatic carbocycles. The summed E-state index contributed by atoms with van der Waals surface area (Å²) in [5.74, 6) is 0.835. The van der Waals surface area contributed by atoms with Crippen molar-refractivity contribution < 1.29 is 9.53 Å². The number of anilines is 1. The van der Waals surface area contributed by atoms with Gasteiger partial charge in [0.2, 0.25) is 0 Å². The minimum Gasteiger partial charge on any atom is -0.493 e. The highest BCUT2D eigenvalue weighted by Crippen LogP contribution is 2.27. The zero-order valence-electron chi connectivity index (χ0n) is 9.85. The van der Waals surface area contributed by atoms with E-state index in [-0.39, 0.29) is 5.91 Å². The van der Waals surface area contributed by atoms with Crippen molar-refractivity contribution in [1.82, 2.24) is 0 Å². The van der Waals surface area contributed by atoms with Gasteiger partial charge in [0.25, 0.3) is 5.91 Å². The minimum atomic E-state index is -0.0885. The topological polar surface area (TPSA) is 38.3 Å². The van der Waals surface area contributed by atoms with E-state index in [1.807, 2.05) is 36.4 Å². The molecule has 0 unspecified atom stereocenters. The largest absolute Gasteiger partial charge is 0.493 e. The number of hydrogen-bond donors (Lipinski definition) is 1. The molecule has 0 atom stereocenters. The van der Waals surface area contributed by atoms with Gasteiger partial charge >= 0.3 is 0 Å². The van der Waals surface area contributed by atoms with Crippen molar-refractivity contribution in [1.29, 1.82) is 0 Å². The van der Waals surface area contributed by atoms with Crippen molar-refractivity contribution in [2.75, 3.05) is 11.9 Å². The first kappa shape index (κ1) is 10.8. The number of ether oxygens (including phenoxy) is 1. The van der Waals surface area contributed by atoms with E-state index < -0.39 is 0 Å². The number of carbonyl (C=O) groups excluding carboxylic acids is 1. The van der Waals surface area contributed by atoms with Crippen LogP contribution in [0.25, 0.3) is 0 Å². The predicted octanol–water partition coefficient (Wildman–Crippen LogP) is 2.87. The maximum Gasteiger partial charge on any atom is 0.255 e. The van der Waals surface area contributed by atoms with Gasteiger partial charge in [-0.15, -0.1) is 0 Å². The average molecular weight is 239 g/mol. The first-order chi connectivity index (χ1) is 8.83. The normalized spacial score (nSPS) is 12.7. The molecule has 3 rings (SSSR count). The molecule has 1 aliphatic heterocycles. The van der Waals surface area contributed by atoms with E-state index in [0.717, 1.165) is 30.0 Å². The summed E-state index contributed by atoms with van der Waals surface area (Å²) in [6.07, 6.45) is 0.907. The number of hydrogen-bond acceptors (Lipinski definition) is 2. The van der Waals surface area contributed by atoms with Crippen LogP contribution in [-0.4, -0.2) is 12.5 Å². The van der Waals surface area contributed by atoms with Gasteiger partial charge in [0.15, 0.2) is 0 Å². The van der Waals surface area contributed by atoms with E-state index in [2.05, 4.69) is 5.32 Å². The van der Waals surface area contributed by atoms with Crippen molar-refractivity contribution in [3.05, 3.63) is 59.7 Å². The van der Waals surface area contributed by atoms with Crippen molar-refractivity contribution >= 4 is 11.6 Å². The van der Waals surface area contributed by atoms with Crippen molar-refractivity contribution in [2.45, 2.75) is 6.42 Å². The zero-order valence-corrected chi connectivity index (χ0v) is 9.85. The monoisotopic (exact) mass is 239 g/mol. The summed E-state index contributed by atoms with van der Waals surface area (Å²) >= 11 is 0. The summed E-state index contributed by atoms with van der Waals surface area (Å²) in [5, 5.41) is 2.89. The molecular weight excluding hydrogens is 226 g/mol. The lowest BCUT2D eigenvalue weighted by Crippen LogP contribution is -2.11. The molecule has 3 nitrogen and oxygen atoms in total. The minimum absolute atomic E-state index is 0.0885. The zero-order chi connectivity index (χ0) is 12.4. The second-order valence-electron chi connectivity index (χ2n) is 4.24. The van der Waals surface area contributed by atoms with Gasteiger partial charge in [-0.05, 0) is 35.9 Å². The maximum atomic E-state index is 12.0. The molecule has 0 saturated carbocycles. The van der Waals surface area contributed by atoms with Crippen LogP contribution in [0.1, 0.15) is 15.9 Å². The fourth-order valence-corrected chi connectivity index (χ4v) is 2.06. The quantitative estimate of drug-likeness (QED) is 0.875. The van der Waals surface area contributed by atoms with Crippen molar-refractivity contribution in [3.63, 3.8) is 0 Å². The first-order valence-corrected chi connectivity index (χ1v) is 5.95.